The smallest absolute Gasteiger partial charge is 0.121 e. The van der Waals surface area contributed by atoms with Gasteiger partial charge in [0.2, 0.25) is 0 Å². The Morgan fingerprint density at radius 3 is 2.71 bits per heavy atom. The molecule has 1 heterocycles. The molecule has 0 aromatic carbocycles. The fourth-order valence-corrected chi connectivity index (χ4v) is 0.916. The number of aliphatic hydroxyl groups excluding tert-OH is 1. The Kier molecular flexibility index (Phi) is 3.56. The van der Waals surface area contributed by atoms with Gasteiger partial charge in [0.15, 0.2) is 0 Å². The van der Waals surface area contributed by atoms with Gasteiger partial charge in [0.1, 0.15) is 11.4 Å². The summed E-state index contributed by atoms with van der Waals surface area (Å²) in [5, 5.41) is 28.4. The quantitative estimate of drug-likeness (QED) is 0.578. The molecule has 6 heteroatoms. The van der Waals surface area contributed by atoms with E-state index in [2.05, 4.69) is 20.3 Å². The molecule has 6 nitrogen and oxygen atoms in total. The lowest BCUT2D eigenvalue weighted by atomic mass is 10.1. The van der Waals surface area contributed by atoms with Crippen molar-refractivity contribution >= 4 is 0 Å². The number of rotatable bonds is 5. The third kappa shape index (κ3) is 3.06. The van der Waals surface area contributed by atoms with Crippen LogP contribution in [0.3, 0.4) is 0 Å². The summed E-state index contributed by atoms with van der Waals surface area (Å²) in [6, 6.07) is 0. The fourth-order valence-electron chi connectivity index (χ4n) is 0.916. The van der Waals surface area contributed by atoms with Gasteiger partial charge in [-0.3, -0.25) is 0 Å². The molecule has 0 spiro atoms. The number of hydrogen-bond acceptors (Lipinski definition) is 6. The van der Waals surface area contributed by atoms with Crippen molar-refractivity contribution < 1.29 is 14.8 Å². The Balaban J connectivity index is 2.32. The van der Waals surface area contributed by atoms with Crippen molar-refractivity contribution in [1.29, 1.82) is 0 Å². The van der Waals surface area contributed by atoms with Crippen molar-refractivity contribution in [1.82, 2.24) is 15.6 Å². The molecule has 1 aromatic heterocycles. The van der Waals surface area contributed by atoms with Crippen molar-refractivity contribution in [3.8, 4) is 0 Å². The number of hydrogen-bond donors (Lipinski definition) is 3. The van der Waals surface area contributed by atoms with Gasteiger partial charge in [-0.25, -0.2) is 4.63 Å². The van der Waals surface area contributed by atoms with Crippen molar-refractivity contribution in [2.75, 3.05) is 13.2 Å². The molecule has 0 saturated heterocycles. The monoisotopic (exact) mass is 201 g/mol. The van der Waals surface area contributed by atoms with Crippen LogP contribution in [0, 0.1) is 6.92 Å². The molecular weight excluding hydrogens is 186 g/mol. The Morgan fingerprint density at radius 1 is 1.50 bits per heavy atom. The summed E-state index contributed by atoms with van der Waals surface area (Å²) in [5.41, 5.74) is 0.324. The first-order valence-corrected chi connectivity index (χ1v) is 4.37. The summed E-state index contributed by atoms with van der Waals surface area (Å²) in [5.74, 6) is 0. The van der Waals surface area contributed by atoms with Crippen molar-refractivity contribution in [2.45, 2.75) is 26.0 Å². The van der Waals surface area contributed by atoms with Crippen LogP contribution in [0.5, 0.6) is 0 Å². The lowest BCUT2D eigenvalue weighted by molar-refractivity contribution is 0.00244. The summed E-state index contributed by atoms with van der Waals surface area (Å²) in [7, 11) is 0. The second-order valence-electron chi connectivity index (χ2n) is 3.55. The van der Waals surface area contributed by atoms with Crippen LogP contribution in [0.25, 0.3) is 0 Å². The first kappa shape index (κ1) is 11.1. The SMILES string of the molecule is Cc1nonc1CNCC(C)(O)CO. The molecule has 0 bridgehead atoms. The zero-order chi connectivity index (χ0) is 10.6. The first-order valence-electron chi connectivity index (χ1n) is 4.37. The van der Waals surface area contributed by atoms with Gasteiger partial charge in [-0.05, 0) is 13.8 Å². The van der Waals surface area contributed by atoms with Gasteiger partial charge in [-0.1, -0.05) is 10.3 Å². The van der Waals surface area contributed by atoms with E-state index in [0.717, 1.165) is 5.69 Å². The molecule has 0 amide bonds. The van der Waals surface area contributed by atoms with Gasteiger partial charge in [-0.2, -0.15) is 0 Å². The lowest BCUT2D eigenvalue weighted by Crippen LogP contribution is -2.40. The molecule has 0 aliphatic heterocycles. The van der Waals surface area contributed by atoms with Gasteiger partial charge in [-0.15, -0.1) is 0 Å². The zero-order valence-corrected chi connectivity index (χ0v) is 8.32. The standard InChI is InChI=1S/C8H15N3O3/c1-6-7(11-14-10-6)3-9-4-8(2,13)5-12/h9,12-13H,3-5H2,1-2H3. The maximum absolute atomic E-state index is 9.45. The van der Waals surface area contributed by atoms with Gasteiger partial charge < -0.3 is 15.5 Å². The summed E-state index contributed by atoms with van der Waals surface area (Å²) in [6.45, 7) is 3.81. The van der Waals surface area contributed by atoms with E-state index in [1.165, 1.54) is 0 Å². The number of nitrogens with one attached hydrogen (secondary N) is 1. The van der Waals surface area contributed by atoms with Gasteiger partial charge in [0.05, 0.1) is 12.2 Å². The van der Waals surface area contributed by atoms with E-state index in [0.29, 0.717) is 12.2 Å². The second-order valence-corrected chi connectivity index (χ2v) is 3.55. The number of aliphatic hydroxyl groups is 2. The van der Waals surface area contributed by atoms with Crippen LogP contribution in [0.15, 0.2) is 4.63 Å². The Morgan fingerprint density at radius 2 is 2.21 bits per heavy atom. The highest BCUT2D eigenvalue weighted by atomic mass is 16.6. The van der Waals surface area contributed by atoms with E-state index in [1.807, 2.05) is 0 Å². The molecule has 0 radical (unpaired) electrons. The summed E-state index contributed by atoms with van der Waals surface area (Å²) in [4.78, 5) is 0. The van der Waals surface area contributed by atoms with Crippen molar-refractivity contribution in [2.24, 2.45) is 0 Å². The largest absolute Gasteiger partial charge is 0.393 e. The first-order chi connectivity index (χ1) is 6.55. The molecule has 0 aliphatic carbocycles. The van der Waals surface area contributed by atoms with Crippen molar-refractivity contribution in [3.05, 3.63) is 11.4 Å². The molecule has 3 N–H and O–H groups in total. The molecule has 1 aromatic rings. The maximum Gasteiger partial charge on any atom is 0.121 e. The molecule has 80 valence electrons. The van der Waals surface area contributed by atoms with Crippen LogP contribution in [-0.4, -0.2) is 39.3 Å². The predicted octanol–water partition coefficient (Wildman–Crippen LogP) is -0.789. The van der Waals surface area contributed by atoms with E-state index in [1.54, 1.807) is 13.8 Å². The van der Waals surface area contributed by atoms with E-state index >= 15 is 0 Å². The average Bonchev–Trinajstić information content (AvgIpc) is 2.52. The van der Waals surface area contributed by atoms with Gasteiger partial charge >= 0.3 is 0 Å². The number of aryl methyl sites for hydroxylation is 1. The van der Waals surface area contributed by atoms with Crippen LogP contribution in [0.2, 0.25) is 0 Å². The molecule has 0 saturated carbocycles. The second kappa shape index (κ2) is 4.50. The fraction of sp³-hybridized carbons (Fsp3) is 0.750. The van der Waals surface area contributed by atoms with Gasteiger partial charge in [0, 0.05) is 13.1 Å². The summed E-state index contributed by atoms with van der Waals surface area (Å²) < 4.78 is 4.50. The third-order valence-corrected chi connectivity index (χ3v) is 1.89. The summed E-state index contributed by atoms with van der Waals surface area (Å²) >= 11 is 0. The lowest BCUT2D eigenvalue weighted by Gasteiger charge is -2.20. The predicted molar refractivity (Wildman–Crippen MR) is 48.5 cm³/mol. The maximum atomic E-state index is 9.45. The average molecular weight is 201 g/mol. The van der Waals surface area contributed by atoms with Crippen LogP contribution >= 0.6 is 0 Å². The van der Waals surface area contributed by atoms with E-state index in [9.17, 15) is 5.11 Å². The molecule has 0 aliphatic rings. The van der Waals surface area contributed by atoms with E-state index < -0.39 is 5.60 Å². The minimum absolute atomic E-state index is 0.282. The number of aromatic nitrogens is 2. The molecule has 1 unspecified atom stereocenters. The minimum atomic E-state index is -1.11. The topological polar surface area (TPSA) is 91.4 Å². The Labute approximate surface area is 81.9 Å². The summed E-state index contributed by atoms with van der Waals surface area (Å²) in [6.07, 6.45) is 0. The van der Waals surface area contributed by atoms with Crippen LogP contribution in [-0.2, 0) is 6.54 Å². The molecular formula is C8H15N3O3. The van der Waals surface area contributed by atoms with Crippen LogP contribution in [0.1, 0.15) is 18.3 Å². The highest BCUT2D eigenvalue weighted by Crippen LogP contribution is 2.02. The minimum Gasteiger partial charge on any atom is -0.393 e. The van der Waals surface area contributed by atoms with Crippen molar-refractivity contribution in [3.63, 3.8) is 0 Å². The third-order valence-electron chi connectivity index (χ3n) is 1.89. The van der Waals surface area contributed by atoms with Crippen LogP contribution < -0.4 is 5.32 Å². The van der Waals surface area contributed by atoms with E-state index in [4.69, 9.17) is 5.11 Å². The molecule has 0 fully saturated rings. The van der Waals surface area contributed by atoms with Gasteiger partial charge in [0.25, 0.3) is 0 Å². The van der Waals surface area contributed by atoms with Crippen LogP contribution in [0.4, 0.5) is 0 Å². The highest BCUT2D eigenvalue weighted by molar-refractivity contribution is 5.03. The molecule has 14 heavy (non-hydrogen) atoms. The zero-order valence-electron chi connectivity index (χ0n) is 8.32. The Bertz CT molecular complexity index is 285. The molecule has 1 rings (SSSR count). The highest BCUT2D eigenvalue weighted by Gasteiger charge is 2.18. The Hall–Kier alpha value is -0.980. The number of nitrogens with zero attached hydrogens (tertiary/aromatic N) is 2. The van der Waals surface area contributed by atoms with E-state index in [-0.39, 0.29) is 13.2 Å². The molecule has 1 atom stereocenters. The normalized spacial score (nSPS) is 15.4.